The largest absolute Gasteiger partial charge is 0.619 e. The van der Waals surface area contributed by atoms with E-state index in [1.165, 1.54) is 12.4 Å². The predicted molar refractivity (Wildman–Crippen MR) is 105 cm³/mol. The fourth-order valence-electron chi connectivity index (χ4n) is 3.74. The summed E-state index contributed by atoms with van der Waals surface area (Å²) in [7, 11) is 0. The molecule has 1 aliphatic heterocycles. The first kappa shape index (κ1) is 18.4. The lowest BCUT2D eigenvalue weighted by molar-refractivity contribution is -0.605. The van der Waals surface area contributed by atoms with Crippen LogP contribution in [0.2, 0.25) is 0 Å². The summed E-state index contributed by atoms with van der Waals surface area (Å²) in [6.07, 6.45) is 8.45. The molecule has 0 aromatic carbocycles. The van der Waals surface area contributed by atoms with Crippen LogP contribution in [-0.4, -0.2) is 43.9 Å². The molecule has 9 nitrogen and oxygen atoms in total. The molecule has 0 saturated carbocycles. The van der Waals surface area contributed by atoms with Crippen molar-refractivity contribution in [2.75, 3.05) is 23.4 Å². The Morgan fingerprint density at radius 2 is 2.29 bits per heavy atom. The number of anilines is 2. The van der Waals surface area contributed by atoms with Gasteiger partial charge in [0.1, 0.15) is 0 Å². The third-order valence-corrected chi connectivity index (χ3v) is 5.19. The van der Waals surface area contributed by atoms with Gasteiger partial charge in [-0.1, -0.05) is 6.92 Å². The maximum absolute atomic E-state index is 11.5. The van der Waals surface area contributed by atoms with Crippen LogP contribution >= 0.6 is 0 Å². The molecule has 0 radical (unpaired) electrons. The van der Waals surface area contributed by atoms with E-state index in [1.807, 2.05) is 12.3 Å². The summed E-state index contributed by atoms with van der Waals surface area (Å²) in [5, 5.41) is 28.6. The molecular weight excluding hydrogens is 358 g/mol. The Morgan fingerprint density at radius 1 is 1.39 bits per heavy atom. The van der Waals surface area contributed by atoms with E-state index in [0.29, 0.717) is 24.9 Å². The van der Waals surface area contributed by atoms with E-state index in [0.717, 1.165) is 47.3 Å². The molecule has 2 N–H and O–H groups in total. The number of fused-ring (bicyclic) bond motifs is 1. The van der Waals surface area contributed by atoms with Crippen molar-refractivity contribution in [3.05, 3.63) is 47.1 Å². The van der Waals surface area contributed by atoms with Gasteiger partial charge in [-0.15, -0.1) is 0 Å². The number of aryl methyl sites for hydroxylation is 1. The molecule has 28 heavy (non-hydrogen) atoms. The minimum absolute atomic E-state index is 0.157. The second-order valence-corrected chi connectivity index (χ2v) is 7.03. The first-order valence-corrected chi connectivity index (χ1v) is 9.73. The smallest absolute Gasteiger partial charge is 0.230 e. The van der Waals surface area contributed by atoms with E-state index in [2.05, 4.69) is 22.2 Å². The van der Waals surface area contributed by atoms with Crippen LogP contribution < -0.4 is 14.9 Å². The monoisotopic (exact) mass is 383 g/mol. The molecule has 3 aromatic heterocycles. The highest BCUT2D eigenvalue weighted by atomic mass is 16.5. The summed E-state index contributed by atoms with van der Waals surface area (Å²) >= 11 is 0. The molecule has 0 aliphatic carbocycles. The number of aliphatic hydroxyl groups excluding tert-OH is 1. The number of rotatable bonds is 7. The highest BCUT2D eigenvalue weighted by Gasteiger charge is 2.27. The summed E-state index contributed by atoms with van der Waals surface area (Å²) in [5.41, 5.74) is 2.70. The van der Waals surface area contributed by atoms with E-state index in [9.17, 15) is 10.3 Å². The van der Waals surface area contributed by atoms with Gasteiger partial charge in [0, 0.05) is 42.9 Å². The SMILES string of the molecule is CCc1cnn2c(NCc3ccc[n+]([O-])c3)nc(N3CCC[C@H]3CCO)nc12. The number of hydrogen-bond acceptors (Lipinski definition) is 7. The topological polar surface area (TPSA) is 106 Å². The zero-order valence-corrected chi connectivity index (χ0v) is 16.0. The van der Waals surface area contributed by atoms with Crippen molar-refractivity contribution in [1.29, 1.82) is 0 Å². The van der Waals surface area contributed by atoms with Crippen molar-refractivity contribution in [2.24, 2.45) is 0 Å². The van der Waals surface area contributed by atoms with Gasteiger partial charge in [-0.25, -0.2) is 0 Å². The van der Waals surface area contributed by atoms with Gasteiger partial charge in [-0.05, 0) is 31.7 Å². The molecule has 0 amide bonds. The number of aromatic nitrogens is 5. The van der Waals surface area contributed by atoms with Gasteiger partial charge in [-0.2, -0.15) is 24.3 Å². The number of aliphatic hydroxyl groups is 1. The van der Waals surface area contributed by atoms with Crippen molar-refractivity contribution < 1.29 is 9.84 Å². The molecule has 1 atom stereocenters. The predicted octanol–water partition coefficient (Wildman–Crippen LogP) is 1.28. The molecule has 3 aromatic rings. The molecule has 0 bridgehead atoms. The average Bonchev–Trinajstić information content (AvgIpc) is 3.33. The van der Waals surface area contributed by atoms with Crippen molar-refractivity contribution in [3.8, 4) is 0 Å². The summed E-state index contributed by atoms with van der Waals surface area (Å²) in [4.78, 5) is 11.7. The molecule has 4 rings (SSSR count). The van der Waals surface area contributed by atoms with Crippen molar-refractivity contribution in [1.82, 2.24) is 19.6 Å². The van der Waals surface area contributed by atoms with Crippen LogP contribution in [0, 0.1) is 5.21 Å². The molecule has 1 aliphatic rings. The van der Waals surface area contributed by atoms with Crippen molar-refractivity contribution in [3.63, 3.8) is 0 Å². The highest BCUT2D eigenvalue weighted by Crippen LogP contribution is 2.27. The number of hydrogen-bond donors (Lipinski definition) is 2. The van der Waals surface area contributed by atoms with Crippen LogP contribution in [0.15, 0.2) is 30.7 Å². The van der Waals surface area contributed by atoms with Gasteiger partial charge in [-0.3, -0.25) is 0 Å². The quantitative estimate of drug-likeness (QED) is 0.468. The Morgan fingerprint density at radius 3 is 3.07 bits per heavy atom. The van der Waals surface area contributed by atoms with Gasteiger partial charge in [0.15, 0.2) is 18.0 Å². The number of pyridine rings is 1. The van der Waals surface area contributed by atoms with Crippen LogP contribution in [-0.2, 0) is 13.0 Å². The Labute approximate surface area is 163 Å². The van der Waals surface area contributed by atoms with E-state index in [4.69, 9.17) is 9.97 Å². The van der Waals surface area contributed by atoms with Crippen LogP contribution in [0.4, 0.5) is 11.9 Å². The lowest BCUT2D eigenvalue weighted by atomic mass is 10.1. The molecule has 1 fully saturated rings. The number of nitrogens with zero attached hydrogens (tertiary/aromatic N) is 6. The maximum atomic E-state index is 11.5. The number of nitrogens with one attached hydrogen (secondary N) is 1. The zero-order valence-electron chi connectivity index (χ0n) is 16.0. The van der Waals surface area contributed by atoms with Gasteiger partial charge in [0.2, 0.25) is 11.9 Å². The van der Waals surface area contributed by atoms with E-state index >= 15 is 0 Å². The molecule has 9 heteroatoms. The van der Waals surface area contributed by atoms with Crippen LogP contribution in [0.5, 0.6) is 0 Å². The second-order valence-electron chi connectivity index (χ2n) is 7.03. The Bertz CT molecular complexity index is 959. The molecule has 0 unspecified atom stereocenters. The van der Waals surface area contributed by atoms with E-state index < -0.39 is 0 Å². The molecular formula is C19H25N7O2. The minimum atomic E-state index is 0.157. The third-order valence-electron chi connectivity index (χ3n) is 5.19. The Hall–Kier alpha value is -2.94. The molecule has 0 spiro atoms. The summed E-state index contributed by atoms with van der Waals surface area (Å²) < 4.78 is 2.50. The lowest BCUT2D eigenvalue weighted by Gasteiger charge is -2.24. The molecule has 1 saturated heterocycles. The van der Waals surface area contributed by atoms with Crippen LogP contribution in [0.1, 0.15) is 37.3 Å². The van der Waals surface area contributed by atoms with Gasteiger partial charge in [0.05, 0.1) is 6.20 Å². The minimum Gasteiger partial charge on any atom is -0.619 e. The van der Waals surface area contributed by atoms with Gasteiger partial charge in [0.25, 0.3) is 0 Å². The van der Waals surface area contributed by atoms with Crippen LogP contribution in [0.25, 0.3) is 5.65 Å². The van der Waals surface area contributed by atoms with Gasteiger partial charge < -0.3 is 20.5 Å². The molecule has 148 valence electrons. The second kappa shape index (κ2) is 7.97. The Balaban J connectivity index is 1.69. The van der Waals surface area contributed by atoms with Crippen molar-refractivity contribution >= 4 is 17.5 Å². The maximum Gasteiger partial charge on any atom is 0.230 e. The third kappa shape index (κ3) is 3.57. The summed E-state index contributed by atoms with van der Waals surface area (Å²) in [5.74, 6) is 1.25. The molecule has 4 heterocycles. The fraction of sp³-hybridized carbons (Fsp3) is 0.474. The van der Waals surface area contributed by atoms with E-state index in [1.54, 1.807) is 10.6 Å². The van der Waals surface area contributed by atoms with Gasteiger partial charge >= 0.3 is 0 Å². The lowest BCUT2D eigenvalue weighted by Crippen LogP contribution is -2.32. The fourth-order valence-corrected chi connectivity index (χ4v) is 3.74. The summed E-state index contributed by atoms with van der Waals surface area (Å²) in [6.45, 7) is 3.57. The Kier molecular flexibility index (Phi) is 5.25. The average molecular weight is 383 g/mol. The normalized spacial score (nSPS) is 16.8. The zero-order chi connectivity index (χ0) is 19.5. The van der Waals surface area contributed by atoms with Crippen molar-refractivity contribution in [2.45, 2.75) is 45.2 Å². The summed E-state index contributed by atoms with van der Waals surface area (Å²) in [6, 6.07) is 3.86. The highest BCUT2D eigenvalue weighted by molar-refractivity contribution is 5.55. The first-order chi connectivity index (χ1) is 13.7. The first-order valence-electron chi connectivity index (χ1n) is 9.73. The van der Waals surface area contributed by atoms with E-state index in [-0.39, 0.29) is 12.6 Å². The standard InChI is InChI=1S/C19H25N7O2/c1-2-15-12-21-26-17(15)22-19(25-9-4-6-16(25)7-10-27)23-18(26)20-11-14-5-3-8-24(28)13-14/h3,5,8,12-13,16,27H,2,4,6-7,9-11H2,1H3,(H,20,22,23)/t16-/m0/s1. The van der Waals surface area contributed by atoms with Crippen LogP contribution in [0.3, 0.4) is 0 Å².